The highest BCUT2D eigenvalue weighted by atomic mass is 35.5. The van der Waals surface area contributed by atoms with Gasteiger partial charge in [0.2, 0.25) is 0 Å². The van der Waals surface area contributed by atoms with Gasteiger partial charge in [0.1, 0.15) is 0 Å². The Morgan fingerprint density at radius 3 is 2.62 bits per heavy atom. The van der Waals surface area contributed by atoms with Crippen LogP contribution in [0.15, 0.2) is 18.2 Å². The molecular formula is C13H17ClN2. The maximum Gasteiger partial charge on any atom is 0.0503 e. The Kier molecular flexibility index (Phi) is 2.96. The first-order valence-corrected chi connectivity index (χ1v) is 5.91. The molecule has 0 aliphatic carbocycles. The van der Waals surface area contributed by atoms with Gasteiger partial charge in [-0.05, 0) is 23.6 Å². The molecule has 2 nitrogen and oxygen atoms in total. The van der Waals surface area contributed by atoms with Gasteiger partial charge in [0.25, 0.3) is 0 Å². The molecule has 86 valence electrons. The van der Waals surface area contributed by atoms with Crippen molar-refractivity contribution in [1.82, 2.24) is 4.57 Å². The Hall–Kier alpha value is -0.990. The third kappa shape index (κ3) is 1.53. The molecule has 1 aromatic carbocycles. The van der Waals surface area contributed by atoms with Gasteiger partial charge in [0.15, 0.2) is 0 Å². The first-order valence-electron chi connectivity index (χ1n) is 5.53. The topological polar surface area (TPSA) is 30.9 Å². The third-order valence-corrected chi connectivity index (χ3v) is 3.39. The molecule has 2 aromatic rings. The van der Waals surface area contributed by atoms with E-state index < -0.39 is 0 Å². The fraction of sp³-hybridized carbons (Fsp3) is 0.385. The number of fused-ring (bicyclic) bond motifs is 1. The maximum absolute atomic E-state index is 6.26. The third-order valence-electron chi connectivity index (χ3n) is 3.08. The second-order valence-electron chi connectivity index (χ2n) is 4.42. The molecule has 16 heavy (non-hydrogen) atoms. The lowest BCUT2D eigenvalue weighted by Gasteiger charge is -2.10. The van der Waals surface area contributed by atoms with Gasteiger partial charge < -0.3 is 10.3 Å². The number of aryl methyl sites for hydroxylation is 1. The van der Waals surface area contributed by atoms with Gasteiger partial charge in [-0.25, -0.2) is 0 Å². The van der Waals surface area contributed by atoms with Crippen LogP contribution < -0.4 is 5.73 Å². The zero-order chi connectivity index (χ0) is 11.9. The minimum atomic E-state index is 0.451. The molecule has 0 atom stereocenters. The van der Waals surface area contributed by atoms with E-state index in [1.807, 2.05) is 12.1 Å². The predicted octanol–water partition coefficient (Wildman–Crippen LogP) is 3.41. The summed E-state index contributed by atoms with van der Waals surface area (Å²) in [7, 11) is 2.08. The molecule has 0 spiro atoms. The summed E-state index contributed by atoms with van der Waals surface area (Å²) in [6.07, 6.45) is 0. The van der Waals surface area contributed by atoms with E-state index in [0.29, 0.717) is 12.5 Å². The number of nitrogens with two attached hydrogens (primary N) is 1. The summed E-state index contributed by atoms with van der Waals surface area (Å²) in [4.78, 5) is 0. The van der Waals surface area contributed by atoms with Crippen molar-refractivity contribution < 1.29 is 0 Å². The van der Waals surface area contributed by atoms with Gasteiger partial charge in [-0.2, -0.15) is 0 Å². The van der Waals surface area contributed by atoms with Crippen LogP contribution >= 0.6 is 11.6 Å². The minimum absolute atomic E-state index is 0.451. The molecule has 0 bridgehead atoms. The molecule has 0 amide bonds. The number of hydrogen-bond acceptors (Lipinski definition) is 1. The van der Waals surface area contributed by atoms with E-state index in [1.165, 1.54) is 11.3 Å². The zero-order valence-electron chi connectivity index (χ0n) is 9.92. The van der Waals surface area contributed by atoms with Gasteiger partial charge in [0, 0.05) is 30.2 Å². The molecule has 0 saturated heterocycles. The van der Waals surface area contributed by atoms with Gasteiger partial charge in [0.05, 0.1) is 5.02 Å². The summed E-state index contributed by atoms with van der Waals surface area (Å²) in [5, 5.41) is 1.90. The van der Waals surface area contributed by atoms with E-state index in [0.717, 1.165) is 15.9 Å². The second kappa shape index (κ2) is 4.11. The van der Waals surface area contributed by atoms with E-state index in [4.69, 9.17) is 17.3 Å². The molecule has 0 aliphatic rings. The van der Waals surface area contributed by atoms with E-state index in [9.17, 15) is 0 Å². The Balaban J connectivity index is 2.91. The predicted molar refractivity (Wildman–Crippen MR) is 69.9 cm³/mol. The summed E-state index contributed by atoms with van der Waals surface area (Å²) >= 11 is 6.26. The van der Waals surface area contributed by atoms with Crippen molar-refractivity contribution in [3.05, 3.63) is 34.5 Å². The lowest BCUT2D eigenvalue weighted by molar-refractivity contribution is 0.739. The number of benzene rings is 1. The molecule has 2 rings (SSSR count). The first kappa shape index (κ1) is 11.5. The zero-order valence-corrected chi connectivity index (χ0v) is 10.7. The van der Waals surface area contributed by atoms with Crippen LogP contribution in [0.5, 0.6) is 0 Å². The van der Waals surface area contributed by atoms with Crippen LogP contribution in [0.4, 0.5) is 0 Å². The number of halogens is 1. The molecule has 0 aliphatic heterocycles. The Morgan fingerprint density at radius 2 is 2.06 bits per heavy atom. The van der Waals surface area contributed by atoms with Gasteiger partial charge in [-0.1, -0.05) is 31.5 Å². The lowest BCUT2D eigenvalue weighted by atomic mass is 10.0. The highest BCUT2D eigenvalue weighted by Gasteiger charge is 2.17. The molecular weight excluding hydrogens is 220 g/mol. The van der Waals surface area contributed by atoms with Crippen LogP contribution in [0, 0.1) is 0 Å². The molecule has 1 heterocycles. The monoisotopic (exact) mass is 236 g/mol. The molecule has 0 saturated carbocycles. The van der Waals surface area contributed by atoms with Crippen LogP contribution in [0.3, 0.4) is 0 Å². The SMILES string of the molecule is CC(C)c1c(CN)c2c(Cl)cccc2n1C. The fourth-order valence-corrected chi connectivity index (χ4v) is 2.78. The number of nitrogens with zero attached hydrogens (tertiary/aromatic N) is 1. The molecule has 0 unspecified atom stereocenters. The van der Waals surface area contributed by atoms with Crippen LogP contribution in [0.25, 0.3) is 10.9 Å². The molecule has 0 radical (unpaired) electrons. The summed E-state index contributed by atoms with van der Waals surface area (Å²) in [6, 6.07) is 5.99. The van der Waals surface area contributed by atoms with Crippen LogP contribution in [0.1, 0.15) is 31.0 Å². The van der Waals surface area contributed by atoms with Crippen molar-refractivity contribution in [2.75, 3.05) is 0 Å². The highest BCUT2D eigenvalue weighted by Crippen LogP contribution is 2.34. The van der Waals surface area contributed by atoms with Crippen molar-refractivity contribution >= 4 is 22.5 Å². The molecule has 0 fully saturated rings. The average Bonchev–Trinajstić information content (AvgIpc) is 2.53. The van der Waals surface area contributed by atoms with Crippen molar-refractivity contribution in [3.63, 3.8) is 0 Å². The van der Waals surface area contributed by atoms with Gasteiger partial charge in [-0.3, -0.25) is 0 Å². The van der Waals surface area contributed by atoms with Crippen LogP contribution in [-0.2, 0) is 13.6 Å². The van der Waals surface area contributed by atoms with Crippen molar-refractivity contribution in [1.29, 1.82) is 0 Å². The minimum Gasteiger partial charge on any atom is -0.347 e. The van der Waals surface area contributed by atoms with Crippen molar-refractivity contribution in [2.45, 2.75) is 26.3 Å². The van der Waals surface area contributed by atoms with E-state index in [-0.39, 0.29) is 0 Å². The Morgan fingerprint density at radius 1 is 1.38 bits per heavy atom. The fourth-order valence-electron chi connectivity index (χ4n) is 2.49. The van der Waals surface area contributed by atoms with Crippen LogP contribution in [-0.4, -0.2) is 4.57 Å². The summed E-state index contributed by atoms with van der Waals surface area (Å²) in [6.45, 7) is 4.90. The summed E-state index contributed by atoms with van der Waals surface area (Å²) in [5.74, 6) is 0.451. The molecule has 3 heteroatoms. The number of aromatic nitrogens is 1. The Bertz CT molecular complexity index is 526. The van der Waals surface area contributed by atoms with Gasteiger partial charge in [-0.15, -0.1) is 0 Å². The standard InChI is InChI=1S/C13H17ClN2/c1-8(2)13-9(7-15)12-10(14)5-4-6-11(12)16(13)3/h4-6,8H,7,15H2,1-3H3. The van der Waals surface area contributed by atoms with E-state index in [1.54, 1.807) is 0 Å². The lowest BCUT2D eigenvalue weighted by Crippen LogP contribution is -2.05. The van der Waals surface area contributed by atoms with E-state index >= 15 is 0 Å². The normalized spacial score (nSPS) is 11.6. The quantitative estimate of drug-likeness (QED) is 0.851. The maximum atomic E-state index is 6.26. The number of rotatable bonds is 2. The highest BCUT2D eigenvalue weighted by molar-refractivity contribution is 6.35. The van der Waals surface area contributed by atoms with Crippen LogP contribution in [0.2, 0.25) is 5.02 Å². The molecule has 2 N–H and O–H groups in total. The van der Waals surface area contributed by atoms with Crippen molar-refractivity contribution in [2.24, 2.45) is 12.8 Å². The summed E-state index contributed by atoms with van der Waals surface area (Å²) in [5.41, 5.74) is 9.49. The Labute approximate surface area is 101 Å². The smallest absolute Gasteiger partial charge is 0.0503 e. The average molecular weight is 237 g/mol. The molecule has 1 aromatic heterocycles. The first-order chi connectivity index (χ1) is 7.57. The summed E-state index contributed by atoms with van der Waals surface area (Å²) < 4.78 is 2.20. The number of hydrogen-bond donors (Lipinski definition) is 1. The van der Waals surface area contributed by atoms with Crippen molar-refractivity contribution in [3.8, 4) is 0 Å². The van der Waals surface area contributed by atoms with E-state index in [2.05, 4.69) is 31.5 Å². The second-order valence-corrected chi connectivity index (χ2v) is 4.82. The van der Waals surface area contributed by atoms with Gasteiger partial charge >= 0.3 is 0 Å². The largest absolute Gasteiger partial charge is 0.347 e.